The van der Waals surface area contributed by atoms with E-state index in [2.05, 4.69) is 11.1 Å². The van der Waals surface area contributed by atoms with Gasteiger partial charge >= 0.3 is 0 Å². The second-order valence-corrected chi connectivity index (χ2v) is 4.22. The molecule has 1 saturated heterocycles. The molecule has 1 atom stereocenters. The van der Waals surface area contributed by atoms with Gasteiger partial charge in [-0.2, -0.15) is 0 Å². The van der Waals surface area contributed by atoms with Crippen LogP contribution in [0.5, 0.6) is 0 Å². The summed E-state index contributed by atoms with van der Waals surface area (Å²) in [6, 6.07) is 4.14. The van der Waals surface area contributed by atoms with Crippen LogP contribution in [0.2, 0.25) is 0 Å². The van der Waals surface area contributed by atoms with Crippen LogP contribution in [-0.4, -0.2) is 24.5 Å². The Hall–Kier alpha value is -0.930. The van der Waals surface area contributed by atoms with E-state index in [1.54, 1.807) is 0 Å². The lowest BCUT2D eigenvalue weighted by atomic mass is 10.2. The van der Waals surface area contributed by atoms with E-state index in [9.17, 15) is 0 Å². The molecular formula is C13H19NO2. The average molecular weight is 221 g/mol. The Morgan fingerprint density at radius 3 is 3.19 bits per heavy atom. The van der Waals surface area contributed by atoms with Crippen LogP contribution in [0.25, 0.3) is 0 Å². The number of pyridine rings is 1. The Kier molecular flexibility index (Phi) is 4.31. The van der Waals surface area contributed by atoms with E-state index in [1.807, 2.05) is 19.2 Å². The van der Waals surface area contributed by atoms with Crippen LogP contribution in [0.1, 0.15) is 30.5 Å². The number of aromatic nitrogens is 1. The maximum atomic E-state index is 5.68. The lowest BCUT2D eigenvalue weighted by Crippen LogP contribution is -2.23. The van der Waals surface area contributed by atoms with Crippen LogP contribution < -0.4 is 0 Å². The van der Waals surface area contributed by atoms with Crippen LogP contribution in [-0.2, 0) is 15.9 Å². The van der Waals surface area contributed by atoms with Crippen molar-refractivity contribution in [1.82, 2.24) is 4.98 Å². The van der Waals surface area contributed by atoms with E-state index in [1.165, 1.54) is 18.4 Å². The summed E-state index contributed by atoms with van der Waals surface area (Å²) in [5.74, 6) is 0. The summed E-state index contributed by atoms with van der Waals surface area (Å²) < 4.78 is 11.2. The molecule has 2 heterocycles. The summed E-state index contributed by atoms with van der Waals surface area (Å²) in [6.45, 7) is 3.59. The molecule has 88 valence electrons. The number of hydrogen-bond donors (Lipinski definition) is 0. The molecule has 1 aromatic rings. The van der Waals surface area contributed by atoms with Crippen molar-refractivity contribution in [1.29, 1.82) is 0 Å². The van der Waals surface area contributed by atoms with Crippen molar-refractivity contribution in [2.75, 3.05) is 13.2 Å². The van der Waals surface area contributed by atoms with Gasteiger partial charge in [0.05, 0.1) is 6.61 Å². The minimum absolute atomic E-state index is 0.0247. The van der Waals surface area contributed by atoms with Crippen molar-refractivity contribution >= 4 is 0 Å². The molecule has 16 heavy (non-hydrogen) atoms. The van der Waals surface area contributed by atoms with Gasteiger partial charge in [-0.05, 0) is 50.3 Å². The van der Waals surface area contributed by atoms with E-state index >= 15 is 0 Å². The third-order valence-electron chi connectivity index (χ3n) is 2.79. The first-order chi connectivity index (χ1) is 7.84. The van der Waals surface area contributed by atoms with Crippen LogP contribution in [0.15, 0.2) is 18.3 Å². The Balaban J connectivity index is 1.71. The zero-order valence-corrected chi connectivity index (χ0v) is 9.82. The molecule has 0 radical (unpaired) electrons. The smallest absolute Gasteiger partial charge is 0.157 e. The third kappa shape index (κ3) is 3.58. The van der Waals surface area contributed by atoms with E-state index in [0.717, 1.165) is 31.7 Å². The largest absolute Gasteiger partial charge is 0.353 e. The van der Waals surface area contributed by atoms with Crippen molar-refractivity contribution in [3.8, 4) is 0 Å². The van der Waals surface area contributed by atoms with Gasteiger partial charge in [0, 0.05) is 18.5 Å². The summed E-state index contributed by atoms with van der Waals surface area (Å²) in [7, 11) is 0. The Labute approximate surface area is 96.8 Å². The fourth-order valence-corrected chi connectivity index (χ4v) is 1.91. The monoisotopic (exact) mass is 221 g/mol. The molecule has 1 aromatic heterocycles. The molecule has 1 fully saturated rings. The first-order valence-corrected chi connectivity index (χ1v) is 5.99. The van der Waals surface area contributed by atoms with Gasteiger partial charge in [0.1, 0.15) is 0 Å². The van der Waals surface area contributed by atoms with Crippen LogP contribution in [0.3, 0.4) is 0 Å². The molecule has 1 aliphatic heterocycles. The summed E-state index contributed by atoms with van der Waals surface area (Å²) in [4.78, 5) is 4.17. The second kappa shape index (κ2) is 5.97. The van der Waals surface area contributed by atoms with Crippen molar-refractivity contribution < 1.29 is 9.47 Å². The SMILES string of the molecule is Cc1cc(CCOC2CCCCO2)ccn1. The zero-order chi connectivity index (χ0) is 11.2. The van der Waals surface area contributed by atoms with Crippen molar-refractivity contribution in [2.24, 2.45) is 0 Å². The number of ether oxygens (including phenoxy) is 2. The number of aryl methyl sites for hydroxylation is 1. The Bertz CT molecular complexity index is 321. The standard InChI is InChI=1S/C13H19NO2/c1-11-10-12(5-7-14-11)6-9-16-13-4-2-3-8-15-13/h5,7,10,13H,2-4,6,8-9H2,1H3. The Morgan fingerprint density at radius 1 is 1.50 bits per heavy atom. The van der Waals surface area contributed by atoms with Gasteiger partial charge in [0.15, 0.2) is 6.29 Å². The average Bonchev–Trinajstić information content (AvgIpc) is 2.30. The molecule has 0 amide bonds. The van der Waals surface area contributed by atoms with Gasteiger partial charge in [0.2, 0.25) is 0 Å². The van der Waals surface area contributed by atoms with Gasteiger partial charge in [-0.15, -0.1) is 0 Å². The molecule has 2 rings (SSSR count). The maximum absolute atomic E-state index is 5.68. The summed E-state index contributed by atoms with van der Waals surface area (Å²) in [5, 5.41) is 0. The van der Waals surface area contributed by atoms with Gasteiger partial charge in [-0.25, -0.2) is 0 Å². The van der Waals surface area contributed by atoms with Crippen molar-refractivity contribution in [2.45, 2.75) is 38.9 Å². The molecular weight excluding hydrogens is 202 g/mol. The fourth-order valence-electron chi connectivity index (χ4n) is 1.91. The Morgan fingerprint density at radius 2 is 2.44 bits per heavy atom. The topological polar surface area (TPSA) is 31.4 Å². The normalized spacial score (nSPS) is 20.9. The van der Waals surface area contributed by atoms with Crippen LogP contribution in [0, 0.1) is 6.92 Å². The molecule has 0 aliphatic carbocycles. The summed E-state index contributed by atoms with van der Waals surface area (Å²) in [6.07, 6.45) is 6.24. The molecule has 3 nitrogen and oxygen atoms in total. The first kappa shape index (κ1) is 11.6. The molecule has 3 heteroatoms. The molecule has 1 unspecified atom stereocenters. The second-order valence-electron chi connectivity index (χ2n) is 4.22. The van der Waals surface area contributed by atoms with E-state index in [4.69, 9.17) is 9.47 Å². The van der Waals surface area contributed by atoms with Gasteiger partial charge in [-0.1, -0.05) is 0 Å². The predicted molar refractivity (Wildman–Crippen MR) is 62.2 cm³/mol. The van der Waals surface area contributed by atoms with E-state index < -0.39 is 0 Å². The minimum Gasteiger partial charge on any atom is -0.353 e. The lowest BCUT2D eigenvalue weighted by molar-refractivity contribution is -0.161. The predicted octanol–water partition coefficient (Wildman–Crippen LogP) is 2.48. The van der Waals surface area contributed by atoms with Crippen LogP contribution in [0.4, 0.5) is 0 Å². The highest BCUT2D eigenvalue weighted by Crippen LogP contribution is 2.14. The van der Waals surface area contributed by atoms with Gasteiger partial charge < -0.3 is 9.47 Å². The molecule has 1 aliphatic rings. The fraction of sp³-hybridized carbons (Fsp3) is 0.615. The summed E-state index contributed by atoms with van der Waals surface area (Å²) >= 11 is 0. The number of nitrogens with zero attached hydrogens (tertiary/aromatic N) is 1. The minimum atomic E-state index is 0.0247. The highest BCUT2D eigenvalue weighted by atomic mass is 16.7. The van der Waals surface area contributed by atoms with Gasteiger partial charge in [0.25, 0.3) is 0 Å². The number of rotatable bonds is 4. The lowest BCUT2D eigenvalue weighted by Gasteiger charge is -2.22. The highest BCUT2D eigenvalue weighted by molar-refractivity contribution is 5.15. The highest BCUT2D eigenvalue weighted by Gasteiger charge is 2.13. The van der Waals surface area contributed by atoms with Crippen LogP contribution >= 0.6 is 0 Å². The van der Waals surface area contributed by atoms with E-state index in [0.29, 0.717) is 0 Å². The van der Waals surface area contributed by atoms with Crippen molar-refractivity contribution in [3.63, 3.8) is 0 Å². The van der Waals surface area contributed by atoms with Gasteiger partial charge in [-0.3, -0.25) is 4.98 Å². The first-order valence-electron chi connectivity index (χ1n) is 5.99. The molecule has 0 saturated carbocycles. The summed E-state index contributed by atoms with van der Waals surface area (Å²) in [5.41, 5.74) is 2.34. The quantitative estimate of drug-likeness (QED) is 0.782. The maximum Gasteiger partial charge on any atom is 0.157 e. The molecule has 0 bridgehead atoms. The third-order valence-corrected chi connectivity index (χ3v) is 2.79. The molecule has 0 N–H and O–H groups in total. The number of hydrogen-bond acceptors (Lipinski definition) is 3. The van der Waals surface area contributed by atoms with Crippen molar-refractivity contribution in [3.05, 3.63) is 29.6 Å². The molecule has 0 spiro atoms. The van der Waals surface area contributed by atoms with E-state index in [-0.39, 0.29) is 6.29 Å². The molecule has 0 aromatic carbocycles. The zero-order valence-electron chi connectivity index (χ0n) is 9.82.